The zero-order valence-corrected chi connectivity index (χ0v) is 16.9. The molecule has 2 rings (SSSR count). The minimum absolute atomic E-state index is 0.0820. The van der Waals surface area contributed by atoms with Crippen molar-refractivity contribution in [2.45, 2.75) is 52.2 Å². The molecule has 0 fully saturated rings. The van der Waals surface area contributed by atoms with Crippen LogP contribution in [0.2, 0.25) is 0 Å². The quantitative estimate of drug-likeness (QED) is 0.562. The Morgan fingerprint density at radius 2 is 1.83 bits per heavy atom. The van der Waals surface area contributed by atoms with Gasteiger partial charge in [-0.3, -0.25) is 29.4 Å². The Labute approximate surface area is 168 Å². The van der Waals surface area contributed by atoms with E-state index in [0.717, 1.165) is 4.90 Å². The van der Waals surface area contributed by atoms with Crippen LogP contribution in [0.1, 0.15) is 50.0 Å². The highest BCUT2D eigenvalue weighted by atomic mass is 16.5. The van der Waals surface area contributed by atoms with Crippen molar-refractivity contribution in [2.75, 3.05) is 6.54 Å². The second-order valence-corrected chi connectivity index (χ2v) is 7.76. The van der Waals surface area contributed by atoms with Gasteiger partial charge in [0.05, 0.1) is 12.8 Å². The number of hydrogen-bond acceptors (Lipinski definition) is 6. The fourth-order valence-electron chi connectivity index (χ4n) is 2.72. The standard InChI is InChI=1S/C20H25N3O6/c1-12(17(26)21-19(28)22-20(2,3)4)29-16(25)9-10-23-15(24)11-13-7-5-6-8-14(13)18(23)27/h5-8,12H,9-11H2,1-4H3,(H2,21,22,26,28)/t12-/m1/s1. The van der Waals surface area contributed by atoms with Gasteiger partial charge in [0.2, 0.25) is 5.91 Å². The molecule has 5 amide bonds. The van der Waals surface area contributed by atoms with Crippen molar-refractivity contribution in [1.82, 2.24) is 15.5 Å². The van der Waals surface area contributed by atoms with E-state index in [-0.39, 0.29) is 19.4 Å². The maximum Gasteiger partial charge on any atom is 0.321 e. The lowest BCUT2D eigenvalue weighted by molar-refractivity contribution is -0.154. The highest BCUT2D eigenvalue weighted by molar-refractivity contribution is 6.09. The summed E-state index contributed by atoms with van der Waals surface area (Å²) in [7, 11) is 0. The van der Waals surface area contributed by atoms with E-state index in [1.54, 1.807) is 45.0 Å². The van der Waals surface area contributed by atoms with Crippen molar-refractivity contribution in [1.29, 1.82) is 0 Å². The Bertz CT molecular complexity index is 843. The minimum Gasteiger partial charge on any atom is -0.452 e. The lowest BCUT2D eigenvalue weighted by atomic mass is 9.98. The van der Waals surface area contributed by atoms with E-state index in [9.17, 15) is 24.0 Å². The van der Waals surface area contributed by atoms with Crippen molar-refractivity contribution in [3.8, 4) is 0 Å². The summed E-state index contributed by atoms with van der Waals surface area (Å²) in [5.74, 6) is -2.40. The average molecular weight is 403 g/mol. The zero-order chi connectivity index (χ0) is 21.8. The largest absolute Gasteiger partial charge is 0.452 e. The molecule has 0 saturated heterocycles. The zero-order valence-electron chi connectivity index (χ0n) is 16.9. The number of urea groups is 1. The number of esters is 1. The van der Waals surface area contributed by atoms with Gasteiger partial charge in [0.25, 0.3) is 11.8 Å². The first-order valence-corrected chi connectivity index (χ1v) is 9.23. The number of rotatable bonds is 5. The summed E-state index contributed by atoms with van der Waals surface area (Å²) in [5.41, 5.74) is 0.550. The number of nitrogens with one attached hydrogen (secondary N) is 2. The third kappa shape index (κ3) is 6.13. The maximum absolute atomic E-state index is 12.4. The van der Waals surface area contributed by atoms with Crippen molar-refractivity contribution in [3.05, 3.63) is 35.4 Å². The fourth-order valence-corrected chi connectivity index (χ4v) is 2.72. The average Bonchev–Trinajstić information content (AvgIpc) is 2.59. The smallest absolute Gasteiger partial charge is 0.321 e. The molecule has 0 saturated carbocycles. The monoisotopic (exact) mass is 403 g/mol. The molecule has 1 aliphatic heterocycles. The molecule has 0 aliphatic carbocycles. The molecule has 1 heterocycles. The topological polar surface area (TPSA) is 122 Å². The first-order valence-electron chi connectivity index (χ1n) is 9.23. The lowest BCUT2D eigenvalue weighted by Gasteiger charge is -2.26. The van der Waals surface area contributed by atoms with E-state index < -0.39 is 41.4 Å². The number of carbonyl (C=O) groups is 5. The van der Waals surface area contributed by atoms with Gasteiger partial charge in [-0.05, 0) is 39.3 Å². The van der Waals surface area contributed by atoms with Crippen LogP contribution < -0.4 is 10.6 Å². The third-order valence-corrected chi connectivity index (χ3v) is 4.08. The molecule has 1 atom stereocenters. The molecule has 29 heavy (non-hydrogen) atoms. The van der Waals surface area contributed by atoms with E-state index in [0.29, 0.717) is 11.1 Å². The van der Waals surface area contributed by atoms with Crippen LogP contribution in [0.5, 0.6) is 0 Å². The summed E-state index contributed by atoms with van der Waals surface area (Å²) in [6, 6.07) is 6.10. The molecule has 0 bridgehead atoms. The molecule has 2 N–H and O–H groups in total. The number of benzene rings is 1. The SMILES string of the molecule is C[C@@H](OC(=O)CCN1C(=O)Cc2ccccc2C1=O)C(=O)NC(=O)NC(C)(C)C. The first kappa shape index (κ1) is 22.1. The van der Waals surface area contributed by atoms with Gasteiger partial charge in [-0.25, -0.2) is 4.79 Å². The van der Waals surface area contributed by atoms with Crippen LogP contribution in [0, 0.1) is 0 Å². The summed E-state index contributed by atoms with van der Waals surface area (Å²) >= 11 is 0. The molecule has 1 aliphatic rings. The molecule has 1 aromatic carbocycles. The van der Waals surface area contributed by atoms with Gasteiger partial charge in [0, 0.05) is 17.6 Å². The fraction of sp³-hybridized carbons (Fsp3) is 0.450. The Morgan fingerprint density at radius 1 is 1.17 bits per heavy atom. The van der Waals surface area contributed by atoms with E-state index in [4.69, 9.17) is 4.74 Å². The molecular formula is C20H25N3O6. The van der Waals surface area contributed by atoms with Crippen molar-refractivity contribution in [2.24, 2.45) is 0 Å². The Morgan fingerprint density at radius 3 is 2.48 bits per heavy atom. The second-order valence-electron chi connectivity index (χ2n) is 7.76. The summed E-state index contributed by atoms with van der Waals surface area (Å²) in [6.45, 7) is 6.43. The van der Waals surface area contributed by atoms with Crippen LogP contribution in [0.15, 0.2) is 24.3 Å². The number of ether oxygens (including phenoxy) is 1. The molecule has 0 aromatic heterocycles. The van der Waals surface area contributed by atoms with Gasteiger partial charge in [-0.1, -0.05) is 18.2 Å². The van der Waals surface area contributed by atoms with Crippen LogP contribution in [0.3, 0.4) is 0 Å². The number of nitrogens with zero attached hydrogens (tertiary/aromatic N) is 1. The second kappa shape index (κ2) is 8.85. The molecule has 9 heteroatoms. The summed E-state index contributed by atoms with van der Waals surface area (Å²) < 4.78 is 4.99. The molecule has 0 unspecified atom stereocenters. The van der Waals surface area contributed by atoms with Crippen LogP contribution >= 0.6 is 0 Å². The Balaban J connectivity index is 1.85. The van der Waals surface area contributed by atoms with E-state index in [2.05, 4.69) is 10.6 Å². The molecule has 9 nitrogen and oxygen atoms in total. The maximum atomic E-state index is 12.4. The van der Waals surface area contributed by atoms with Gasteiger partial charge in [-0.2, -0.15) is 0 Å². The number of hydrogen-bond donors (Lipinski definition) is 2. The van der Waals surface area contributed by atoms with Gasteiger partial charge in [-0.15, -0.1) is 0 Å². The minimum atomic E-state index is -1.21. The van der Waals surface area contributed by atoms with Gasteiger partial charge in [0.1, 0.15) is 0 Å². The first-order chi connectivity index (χ1) is 13.5. The summed E-state index contributed by atoms with van der Waals surface area (Å²) in [5, 5.41) is 4.64. The summed E-state index contributed by atoms with van der Waals surface area (Å²) in [6.07, 6.45) is -1.38. The van der Waals surface area contributed by atoms with E-state index in [1.165, 1.54) is 6.92 Å². The number of fused-ring (bicyclic) bond motifs is 1. The van der Waals surface area contributed by atoms with Crippen LogP contribution in [0.4, 0.5) is 4.79 Å². The van der Waals surface area contributed by atoms with Crippen LogP contribution in [-0.4, -0.2) is 52.8 Å². The van der Waals surface area contributed by atoms with Crippen LogP contribution in [-0.2, 0) is 25.5 Å². The Hall–Kier alpha value is -3.23. The van der Waals surface area contributed by atoms with Crippen LogP contribution in [0.25, 0.3) is 0 Å². The lowest BCUT2D eigenvalue weighted by Crippen LogP contribution is -2.50. The molecular weight excluding hydrogens is 378 g/mol. The number of carbonyl (C=O) groups excluding carboxylic acids is 5. The van der Waals surface area contributed by atoms with Crippen molar-refractivity contribution in [3.63, 3.8) is 0 Å². The highest BCUT2D eigenvalue weighted by Gasteiger charge is 2.31. The molecule has 0 radical (unpaired) electrons. The Kier molecular flexibility index (Phi) is 6.73. The number of amides is 5. The van der Waals surface area contributed by atoms with E-state index >= 15 is 0 Å². The number of imide groups is 2. The van der Waals surface area contributed by atoms with Gasteiger partial charge < -0.3 is 10.1 Å². The van der Waals surface area contributed by atoms with Gasteiger partial charge >= 0.3 is 12.0 Å². The van der Waals surface area contributed by atoms with Crippen molar-refractivity contribution >= 4 is 29.7 Å². The van der Waals surface area contributed by atoms with Gasteiger partial charge in [0.15, 0.2) is 6.10 Å². The highest BCUT2D eigenvalue weighted by Crippen LogP contribution is 2.19. The normalized spacial score (nSPS) is 14.7. The predicted octanol–water partition coefficient (Wildman–Crippen LogP) is 1.16. The summed E-state index contributed by atoms with van der Waals surface area (Å²) in [4.78, 5) is 61.3. The molecule has 0 spiro atoms. The van der Waals surface area contributed by atoms with Crippen molar-refractivity contribution < 1.29 is 28.7 Å². The molecule has 156 valence electrons. The predicted molar refractivity (Wildman–Crippen MR) is 103 cm³/mol. The molecule has 1 aromatic rings. The third-order valence-electron chi connectivity index (χ3n) is 4.08. The van der Waals surface area contributed by atoms with E-state index in [1.807, 2.05) is 0 Å².